The molecule has 0 saturated carbocycles. The highest BCUT2D eigenvalue weighted by molar-refractivity contribution is 7.98. The van der Waals surface area contributed by atoms with Crippen molar-refractivity contribution >= 4 is 23.1 Å². The third-order valence-corrected chi connectivity index (χ3v) is 4.92. The van der Waals surface area contributed by atoms with Gasteiger partial charge < -0.3 is 8.98 Å². The lowest BCUT2D eigenvalue weighted by atomic mass is 10.4. The number of aromatic nitrogens is 4. The van der Waals surface area contributed by atoms with Crippen LogP contribution in [0.3, 0.4) is 0 Å². The number of aryl methyl sites for hydroxylation is 1. The van der Waals surface area contributed by atoms with Gasteiger partial charge in [-0.1, -0.05) is 18.7 Å². The lowest BCUT2D eigenvalue weighted by Crippen LogP contribution is -1.94. The van der Waals surface area contributed by atoms with E-state index < -0.39 is 0 Å². The molecule has 0 fully saturated rings. The van der Waals surface area contributed by atoms with Crippen LogP contribution in [0.25, 0.3) is 11.6 Å². The molecule has 0 atom stereocenters. The van der Waals surface area contributed by atoms with Crippen molar-refractivity contribution in [3.8, 4) is 11.6 Å². The average Bonchev–Trinajstić information content (AvgIpc) is 3.17. The molecular formula is C13H14N4OS2. The van der Waals surface area contributed by atoms with Gasteiger partial charge in [0, 0.05) is 18.2 Å². The molecule has 0 unspecified atom stereocenters. The Morgan fingerprint density at radius 3 is 3.00 bits per heavy atom. The number of nitrogens with zero attached hydrogens (tertiary/aromatic N) is 4. The van der Waals surface area contributed by atoms with Crippen LogP contribution in [0.15, 0.2) is 33.3 Å². The molecule has 0 radical (unpaired) electrons. The second-order valence-corrected chi connectivity index (χ2v) is 6.10. The van der Waals surface area contributed by atoms with Gasteiger partial charge in [0.25, 0.3) is 0 Å². The Bertz CT molecular complexity index is 687. The van der Waals surface area contributed by atoms with Gasteiger partial charge in [0.1, 0.15) is 0 Å². The quantitative estimate of drug-likeness (QED) is 0.676. The minimum Gasteiger partial charge on any atom is -0.461 e. The van der Waals surface area contributed by atoms with Crippen LogP contribution in [0, 0.1) is 0 Å². The fraction of sp³-hybridized carbons (Fsp3) is 0.308. The Hall–Kier alpha value is -1.60. The molecular weight excluding hydrogens is 292 g/mol. The minimum absolute atomic E-state index is 0.730. The topological polar surface area (TPSA) is 56.7 Å². The summed E-state index contributed by atoms with van der Waals surface area (Å²) in [5, 5.41) is 12.5. The van der Waals surface area contributed by atoms with E-state index in [0.717, 1.165) is 34.6 Å². The molecule has 104 valence electrons. The molecule has 5 nitrogen and oxygen atoms in total. The van der Waals surface area contributed by atoms with E-state index in [0.29, 0.717) is 0 Å². The lowest BCUT2D eigenvalue weighted by molar-refractivity contribution is 0.572. The standard InChI is InChI=1S/C13H14N4OS2/c1-3-11-14-9(7-19-11)8-20-13-16-15-12(17(13)2)10-5-4-6-18-10/h4-7H,3,8H2,1-2H3. The normalized spacial score (nSPS) is 11.1. The van der Waals surface area contributed by atoms with Crippen molar-refractivity contribution in [2.24, 2.45) is 7.05 Å². The first-order valence-corrected chi connectivity index (χ1v) is 8.13. The fourth-order valence-corrected chi connectivity index (χ4v) is 3.43. The summed E-state index contributed by atoms with van der Waals surface area (Å²) < 4.78 is 7.29. The van der Waals surface area contributed by atoms with Crippen LogP contribution in [-0.4, -0.2) is 19.7 Å². The highest BCUT2D eigenvalue weighted by Crippen LogP contribution is 2.25. The SMILES string of the molecule is CCc1nc(CSc2nnc(-c3ccco3)n2C)cs1. The van der Waals surface area contributed by atoms with Crippen molar-refractivity contribution < 1.29 is 4.42 Å². The van der Waals surface area contributed by atoms with Gasteiger partial charge >= 0.3 is 0 Å². The van der Waals surface area contributed by atoms with Crippen molar-refractivity contribution in [2.75, 3.05) is 0 Å². The van der Waals surface area contributed by atoms with E-state index in [2.05, 4.69) is 27.5 Å². The van der Waals surface area contributed by atoms with E-state index >= 15 is 0 Å². The molecule has 20 heavy (non-hydrogen) atoms. The lowest BCUT2D eigenvalue weighted by Gasteiger charge is -2.00. The molecule has 0 aromatic carbocycles. The zero-order valence-electron chi connectivity index (χ0n) is 11.2. The summed E-state index contributed by atoms with van der Waals surface area (Å²) in [4.78, 5) is 4.55. The maximum Gasteiger partial charge on any atom is 0.200 e. The highest BCUT2D eigenvalue weighted by Gasteiger charge is 2.13. The Labute approximate surface area is 125 Å². The number of thioether (sulfide) groups is 1. The fourth-order valence-electron chi connectivity index (χ4n) is 1.78. The predicted molar refractivity (Wildman–Crippen MR) is 79.8 cm³/mol. The molecule has 0 aliphatic carbocycles. The summed E-state index contributed by atoms with van der Waals surface area (Å²) in [6.45, 7) is 2.12. The third-order valence-electron chi connectivity index (χ3n) is 2.83. The summed E-state index contributed by atoms with van der Waals surface area (Å²) in [5.41, 5.74) is 1.10. The van der Waals surface area contributed by atoms with E-state index in [1.807, 2.05) is 23.7 Å². The van der Waals surface area contributed by atoms with E-state index in [4.69, 9.17) is 4.42 Å². The molecule has 3 aromatic rings. The largest absolute Gasteiger partial charge is 0.461 e. The van der Waals surface area contributed by atoms with Crippen LogP contribution in [0.1, 0.15) is 17.6 Å². The summed E-state index contributed by atoms with van der Waals surface area (Å²) in [5.74, 6) is 2.28. The second kappa shape index (κ2) is 5.80. The summed E-state index contributed by atoms with van der Waals surface area (Å²) in [6.07, 6.45) is 2.63. The zero-order chi connectivity index (χ0) is 13.9. The van der Waals surface area contributed by atoms with Crippen LogP contribution in [0.5, 0.6) is 0 Å². The first-order valence-electron chi connectivity index (χ1n) is 6.27. The van der Waals surface area contributed by atoms with Crippen LogP contribution < -0.4 is 0 Å². The Balaban J connectivity index is 1.72. The van der Waals surface area contributed by atoms with E-state index in [9.17, 15) is 0 Å². The van der Waals surface area contributed by atoms with Crippen LogP contribution in [0.2, 0.25) is 0 Å². The number of thiazole rings is 1. The van der Waals surface area contributed by atoms with Gasteiger partial charge in [0.2, 0.25) is 0 Å². The smallest absolute Gasteiger partial charge is 0.200 e. The molecule has 0 saturated heterocycles. The molecule has 0 aliphatic rings. The van der Waals surface area contributed by atoms with Gasteiger partial charge in [-0.2, -0.15) is 0 Å². The van der Waals surface area contributed by atoms with Crippen molar-refractivity contribution in [3.63, 3.8) is 0 Å². The number of hydrogen-bond donors (Lipinski definition) is 0. The van der Waals surface area contributed by atoms with Gasteiger partial charge in [-0.15, -0.1) is 21.5 Å². The van der Waals surface area contributed by atoms with Crippen LogP contribution >= 0.6 is 23.1 Å². The Morgan fingerprint density at radius 2 is 2.30 bits per heavy atom. The van der Waals surface area contributed by atoms with Gasteiger partial charge in [-0.3, -0.25) is 0 Å². The molecule has 3 heterocycles. The van der Waals surface area contributed by atoms with Gasteiger partial charge in [-0.25, -0.2) is 4.98 Å². The summed E-state index contributed by atoms with van der Waals surface area (Å²) >= 11 is 3.34. The molecule has 0 bridgehead atoms. The van der Waals surface area contributed by atoms with Crippen LogP contribution in [0.4, 0.5) is 0 Å². The molecule has 0 aliphatic heterocycles. The van der Waals surface area contributed by atoms with Crippen molar-refractivity contribution in [1.82, 2.24) is 19.7 Å². The predicted octanol–water partition coefficient (Wildman–Crippen LogP) is 3.39. The highest BCUT2D eigenvalue weighted by atomic mass is 32.2. The molecule has 3 rings (SSSR count). The van der Waals surface area contributed by atoms with Gasteiger partial charge in [-0.05, 0) is 18.6 Å². The molecule has 0 amide bonds. The maximum atomic E-state index is 5.35. The average molecular weight is 306 g/mol. The Kier molecular flexibility index (Phi) is 3.88. The number of furan rings is 1. The van der Waals surface area contributed by atoms with Gasteiger partial charge in [0.05, 0.1) is 17.0 Å². The van der Waals surface area contributed by atoms with Crippen LogP contribution in [-0.2, 0) is 19.2 Å². The van der Waals surface area contributed by atoms with Crippen molar-refractivity contribution in [2.45, 2.75) is 24.3 Å². The first-order chi connectivity index (χ1) is 9.78. The minimum atomic E-state index is 0.730. The molecule has 7 heteroatoms. The monoisotopic (exact) mass is 306 g/mol. The van der Waals surface area contributed by atoms with Crippen molar-refractivity contribution in [1.29, 1.82) is 0 Å². The zero-order valence-corrected chi connectivity index (χ0v) is 12.9. The van der Waals surface area contributed by atoms with E-state index in [1.54, 1.807) is 29.4 Å². The van der Waals surface area contributed by atoms with E-state index in [-0.39, 0.29) is 0 Å². The first kappa shape index (κ1) is 13.4. The molecule has 0 spiro atoms. The van der Waals surface area contributed by atoms with Crippen molar-refractivity contribution in [3.05, 3.63) is 34.5 Å². The Morgan fingerprint density at radius 1 is 1.40 bits per heavy atom. The van der Waals surface area contributed by atoms with E-state index in [1.165, 1.54) is 5.01 Å². The summed E-state index contributed by atoms with van der Waals surface area (Å²) in [7, 11) is 1.94. The molecule has 0 N–H and O–H groups in total. The third kappa shape index (κ3) is 2.64. The summed E-state index contributed by atoms with van der Waals surface area (Å²) in [6, 6.07) is 3.73. The van der Waals surface area contributed by atoms with Gasteiger partial charge in [0.15, 0.2) is 16.7 Å². The number of hydrogen-bond acceptors (Lipinski definition) is 6. The number of rotatable bonds is 5. The maximum absolute atomic E-state index is 5.35. The second-order valence-electron chi connectivity index (χ2n) is 4.22. The molecule has 3 aromatic heterocycles.